The van der Waals surface area contributed by atoms with Crippen LogP contribution >= 0.6 is 0 Å². The summed E-state index contributed by atoms with van der Waals surface area (Å²) in [7, 11) is 0. The van der Waals surface area contributed by atoms with Crippen molar-refractivity contribution in [3.63, 3.8) is 0 Å². The highest BCUT2D eigenvalue weighted by Gasteiger charge is 2.26. The van der Waals surface area contributed by atoms with Gasteiger partial charge in [0, 0.05) is 70.6 Å². The van der Waals surface area contributed by atoms with Gasteiger partial charge < -0.3 is 4.74 Å². The zero-order valence-corrected chi connectivity index (χ0v) is 29.0. The molecule has 0 atom stereocenters. The Morgan fingerprint density at radius 1 is 0.558 bits per heavy atom. The van der Waals surface area contributed by atoms with E-state index >= 15 is 0 Å². The van der Waals surface area contributed by atoms with Gasteiger partial charge in [0.2, 0.25) is 0 Å². The minimum atomic E-state index is 0.692. The SMILES string of the molecule is Cc1ccnc(-n2c3ccccc3c3ccc(Oc4cccc(-n5nc(-c6cccnc6)c(-c6c(C)cccc6C)c5-c5cccnc5)c4)cc32)c1. The van der Waals surface area contributed by atoms with Crippen LogP contribution in [0.25, 0.3) is 67.0 Å². The molecule has 7 nitrogen and oxygen atoms in total. The number of rotatable bonds is 7. The molecule has 0 fully saturated rings. The van der Waals surface area contributed by atoms with E-state index in [9.17, 15) is 0 Å². The van der Waals surface area contributed by atoms with E-state index < -0.39 is 0 Å². The van der Waals surface area contributed by atoms with Crippen LogP contribution in [-0.2, 0) is 0 Å². The second-order valence-corrected chi connectivity index (χ2v) is 13.1. The number of ether oxygens (including phenoxy) is 1. The van der Waals surface area contributed by atoms with Crippen molar-refractivity contribution in [1.29, 1.82) is 0 Å². The maximum absolute atomic E-state index is 6.65. The monoisotopic (exact) mass is 674 g/mol. The number of aryl methyl sites for hydroxylation is 3. The van der Waals surface area contributed by atoms with Crippen LogP contribution in [0.2, 0.25) is 0 Å². The van der Waals surface area contributed by atoms with Crippen molar-refractivity contribution in [3.05, 3.63) is 169 Å². The van der Waals surface area contributed by atoms with E-state index in [1.165, 1.54) is 16.5 Å². The first kappa shape index (κ1) is 31.1. The topological polar surface area (TPSA) is 70.7 Å². The van der Waals surface area contributed by atoms with Crippen LogP contribution in [0.15, 0.2) is 152 Å². The van der Waals surface area contributed by atoms with E-state index in [0.29, 0.717) is 5.75 Å². The molecule has 52 heavy (non-hydrogen) atoms. The number of benzene rings is 4. The second-order valence-electron chi connectivity index (χ2n) is 13.1. The minimum absolute atomic E-state index is 0.692. The average Bonchev–Trinajstić information content (AvgIpc) is 3.72. The lowest BCUT2D eigenvalue weighted by Gasteiger charge is -2.15. The molecular weight excluding hydrogens is 641 g/mol. The first-order valence-electron chi connectivity index (χ1n) is 17.3. The molecule has 9 aromatic rings. The highest BCUT2D eigenvalue weighted by molar-refractivity contribution is 6.09. The number of hydrogen-bond donors (Lipinski definition) is 0. The predicted molar refractivity (Wildman–Crippen MR) is 208 cm³/mol. The van der Waals surface area contributed by atoms with Gasteiger partial charge in [-0.25, -0.2) is 9.67 Å². The number of para-hydroxylation sites is 1. The van der Waals surface area contributed by atoms with Crippen molar-refractivity contribution >= 4 is 21.8 Å². The molecule has 5 heterocycles. The third-order valence-electron chi connectivity index (χ3n) is 9.56. The van der Waals surface area contributed by atoms with E-state index in [4.69, 9.17) is 14.8 Å². The van der Waals surface area contributed by atoms with E-state index in [2.05, 4.69) is 114 Å². The van der Waals surface area contributed by atoms with Gasteiger partial charge in [-0.1, -0.05) is 42.5 Å². The minimum Gasteiger partial charge on any atom is -0.457 e. The molecule has 0 radical (unpaired) electrons. The van der Waals surface area contributed by atoms with E-state index in [0.717, 1.165) is 72.9 Å². The molecule has 0 spiro atoms. The third kappa shape index (κ3) is 5.40. The molecule has 0 aliphatic rings. The Morgan fingerprint density at radius 2 is 1.29 bits per heavy atom. The van der Waals surface area contributed by atoms with Crippen LogP contribution in [0.4, 0.5) is 0 Å². The lowest BCUT2D eigenvalue weighted by Crippen LogP contribution is -2.01. The fraction of sp³-hybridized carbons (Fsp3) is 0.0667. The van der Waals surface area contributed by atoms with Gasteiger partial charge in [0.25, 0.3) is 0 Å². The largest absolute Gasteiger partial charge is 0.457 e. The quantitative estimate of drug-likeness (QED) is 0.168. The first-order chi connectivity index (χ1) is 25.5. The Balaban J connectivity index is 1.20. The van der Waals surface area contributed by atoms with Crippen LogP contribution in [0.3, 0.4) is 0 Å². The molecule has 0 amide bonds. The molecule has 0 bridgehead atoms. The maximum atomic E-state index is 6.65. The van der Waals surface area contributed by atoms with Gasteiger partial charge in [-0.2, -0.15) is 5.10 Å². The molecule has 0 aliphatic heterocycles. The van der Waals surface area contributed by atoms with Crippen molar-refractivity contribution < 1.29 is 4.74 Å². The Hall–Kier alpha value is -6.86. The third-order valence-corrected chi connectivity index (χ3v) is 9.56. The number of fused-ring (bicyclic) bond motifs is 3. The molecule has 0 aliphatic carbocycles. The summed E-state index contributed by atoms with van der Waals surface area (Å²) < 4.78 is 10.9. The summed E-state index contributed by atoms with van der Waals surface area (Å²) in [6.45, 7) is 6.39. The van der Waals surface area contributed by atoms with E-state index in [1.807, 2.05) is 65.7 Å². The Bertz CT molecular complexity index is 2730. The van der Waals surface area contributed by atoms with Crippen LogP contribution < -0.4 is 4.74 Å². The number of aromatic nitrogens is 6. The first-order valence-corrected chi connectivity index (χ1v) is 17.3. The van der Waals surface area contributed by atoms with Crippen molar-refractivity contribution in [1.82, 2.24) is 29.3 Å². The Morgan fingerprint density at radius 3 is 2.06 bits per heavy atom. The Labute approximate surface area is 301 Å². The summed E-state index contributed by atoms with van der Waals surface area (Å²) in [5, 5.41) is 7.64. The summed E-state index contributed by atoms with van der Waals surface area (Å²) >= 11 is 0. The zero-order valence-electron chi connectivity index (χ0n) is 29.0. The van der Waals surface area contributed by atoms with Crippen molar-refractivity contribution in [2.24, 2.45) is 0 Å². The Kier molecular flexibility index (Phi) is 7.66. The van der Waals surface area contributed by atoms with Crippen molar-refractivity contribution in [2.75, 3.05) is 0 Å². The number of hydrogen-bond acceptors (Lipinski definition) is 5. The molecule has 0 N–H and O–H groups in total. The average molecular weight is 675 g/mol. The maximum Gasteiger partial charge on any atom is 0.137 e. The summed E-state index contributed by atoms with van der Waals surface area (Å²) in [5.41, 5.74) is 12.3. The van der Waals surface area contributed by atoms with Gasteiger partial charge in [-0.15, -0.1) is 0 Å². The highest BCUT2D eigenvalue weighted by atomic mass is 16.5. The van der Waals surface area contributed by atoms with Crippen LogP contribution in [0.5, 0.6) is 11.5 Å². The van der Waals surface area contributed by atoms with Gasteiger partial charge in [0.15, 0.2) is 0 Å². The second kappa shape index (κ2) is 12.8. The van der Waals surface area contributed by atoms with Gasteiger partial charge in [0.1, 0.15) is 23.0 Å². The molecule has 0 saturated heterocycles. The summed E-state index contributed by atoms with van der Waals surface area (Å²) in [4.78, 5) is 13.7. The summed E-state index contributed by atoms with van der Waals surface area (Å²) in [6.07, 6.45) is 9.21. The zero-order chi connectivity index (χ0) is 35.2. The van der Waals surface area contributed by atoms with Crippen molar-refractivity contribution in [3.8, 4) is 56.6 Å². The predicted octanol–water partition coefficient (Wildman–Crippen LogP) is 10.9. The summed E-state index contributed by atoms with van der Waals surface area (Å²) in [6, 6.07) is 41.4. The molecular formula is C45H34N6O. The lowest BCUT2D eigenvalue weighted by atomic mass is 9.90. The fourth-order valence-corrected chi connectivity index (χ4v) is 7.24. The number of pyridine rings is 3. The molecule has 0 unspecified atom stereocenters. The molecule has 0 saturated carbocycles. The van der Waals surface area contributed by atoms with Gasteiger partial charge in [0.05, 0.1) is 22.4 Å². The van der Waals surface area contributed by atoms with Gasteiger partial charge in [-0.3, -0.25) is 14.5 Å². The smallest absolute Gasteiger partial charge is 0.137 e. The van der Waals surface area contributed by atoms with E-state index in [1.54, 1.807) is 12.4 Å². The lowest BCUT2D eigenvalue weighted by molar-refractivity contribution is 0.483. The molecule has 7 heteroatoms. The standard InChI is InChI=1S/C45H34N6O/c1-29-20-23-48-41(24-29)50-39-17-5-4-16-37(39)38-19-18-36(26-40(38)50)52-35-15-7-14-34(25-35)51-45(33-13-9-22-47-28-33)43(42-30(2)10-6-11-31(42)3)44(49-51)32-12-8-21-46-27-32/h4-28H,1-3H3. The van der Waals surface area contributed by atoms with E-state index in [-0.39, 0.29) is 0 Å². The molecule has 250 valence electrons. The molecule has 9 rings (SSSR count). The molecule has 4 aromatic carbocycles. The van der Waals surface area contributed by atoms with Crippen LogP contribution in [-0.4, -0.2) is 29.3 Å². The van der Waals surface area contributed by atoms with Gasteiger partial charge in [-0.05, 0) is 110 Å². The van der Waals surface area contributed by atoms with Gasteiger partial charge >= 0.3 is 0 Å². The summed E-state index contributed by atoms with van der Waals surface area (Å²) in [5.74, 6) is 2.29. The molecule has 5 aromatic heterocycles. The van der Waals surface area contributed by atoms with Crippen LogP contribution in [0, 0.1) is 20.8 Å². The fourth-order valence-electron chi connectivity index (χ4n) is 7.24. The van der Waals surface area contributed by atoms with Crippen molar-refractivity contribution in [2.45, 2.75) is 20.8 Å². The normalized spacial score (nSPS) is 11.4. The highest BCUT2D eigenvalue weighted by Crippen LogP contribution is 2.44. The number of nitrogens with zero attached hydrogens (tertiary/aromatic N) is 6. The van der Waals surface area contributed by atoms with Crippen LogP contribution in [0.1, 0.15) is 16.7 Å².